The van der Waals surface area contributed by atoms with Gasteiger partial charge < -0.3 is 20.0 Å². The molecule has 1 amide bonds. The number of hydrogen-bond donors (Lipinski definition) is 1. The van der Waals surface area contributed by atoms with Crippen molar-refractivity contribution in [3.05, 3.63) is 12.4 Å². The largest absolute Gasteiger partial charge is 0.370 e. The number of carbonyl (C=O) groups excluding carboxylic acids is 1. The number of nitrogens with zero attached hydrogens (tertiary/aromatic N) is 5. The Hall–Kier alpha value is -1.89. The molecule has 1 aromatic heterocycles. The van der Waals surface area contributed by atoms with Gasteiger partial charge in [-0.05, 0) is 76.3 Å². The maximum atomic E-state index is 13.0. The molecule has 4 heterocycles. The minimum absolute atomic E-state index is 0.376. The second-order valence-corrected chi connectivity index (χ2v) is 10.0. The first-order valence-corrected chi connectivity index (χ1v) is 13.0. The maximum absolute atomic E-state index is 13.0. The van der Waals surface area contributed by atoms with Crippen LogP contribution in [0.1, 0.15) is 64.7 Å². The van der Waals surface area contributed by atoms with E-state index in [1.54, 1.807) is 6.33 Å². The third kappa shape index (κ3) is 6.56. The second-order valence-electron chi connectivity index (χ2n) is 10.0. The van der Waals surface area contributed by atoms with Crippen molar-refractivity contribution in [1.82, 2.24) is 19.8 Å². The van der Waals surface area contributed by atoms with Crippen molar-refractivity contribution in [2.45, 2.75) is 64.7 Å². The van der Waals surface area contributed by atoms with E-state index < -0.39 is 0 Å². The third-order valence-corrected chi connectivity index (χ3v) is 7.40. The number of carbonyl (C=O) groups is 1. The van der Waals surface area contributed by atoms with Gasteiger partial charge in [-0.25, -0.2) is 9.97 Å². The number of hydrogen-bond acceptors (Lipinski definition) is 6. The average molecular weight is 443 g/mol. The van der Waals surface area contributed by atoms with Crippen LogP contribution in [0.25, 0.3) is 0 Å². The summed E-state index contributed by atoms with van der Waals surface area (Å²) in [5.74, 6) is 3.53. The fourth-order valence-electron chi connectivity index (χ4n) is 5.64. The van der Waals surface area contributed by atoms with Crippen molar-refractivity contribution in [1.29, 1.82) is 0 Å². The van der Waals surface area contributed by atoms with Crippen molar-refractivity contribution < 1.29 is 4.79 Å². The van der Waals surface area contributed by atoms with Gasteiger partial charge in [-0.1, -0.05) is 6.92 Å². The Balaban J connectivity index is 1.23. The lowest BCUT2D eigenvalue weighted by Crippen LogP contribution is -2.43. The molecule has 178 valence electrons. The van der Waals surface area contributed by atoms with Crippen LogP contribution in [-0.2, 0) is 4.79 Å². The first kappa shape index (κ1) is 23.3. The molecular weight excluding hydrogens is 400 g/mol. The van der Waals surface area contributed by atoms with E-state index in [-0.39, 0.29) is 0 Å². The van der Waals surface area contributed by atoms with Crippen LogP contribution in [-0.4, -0.2) is 78.0 Å². The molecule has 3 aliphatic heterocycles. The highest BCUT2D eigenvalue weighted by atomic mass is 16.2. The van der Waals surface area contributed by atoms with Gasteiger partial charge in [0, 0.05) is 51.8 Å². The lowest BCUT2D eigenvalue weighted by Gasteiger charge is -2.36. The van der Waals surface area contributed by atoms with Gasteiger partial charge in [0.25, 0.3) is 0 Å². The van der Waals surface area contributed by atoms with Crippen LogP contribution in [0.5, 0.6) is 0 Å². The van der Waals surface area contributed by atoms with E-state index in [0.29, 0.717) is 24.2 Å². The van der Waals surface area contributed by atoms with E-state index >= 15 is 0 Å². The topological polar surface area (TPSA) is 64.6 Å². The summed E-state index contributed by atoms with van der Waals surface area (Å²) in [7, 11) is 0. The quantitative estimate of drug-likeness (QED) is 0.630. The second kappa shape index (κ2) is 11.8. The predicted octanol–water partition coefficient (Wildman–Crippen LogP) is 3.63. The van der Waals surface area contributed by atoms with Gasteiger partial charge in [0.1, 0.15) is 18.0 Å². The minimum Gasteiger partial charge on any atom is -0.370 e. The van der Waals surface area contributed by atoms with Crippen molar-refractivity contribution in [2.24, 2.45) is 11.8 Å². The molecule has 3 aliphatic rings. The Morgan fingerprint density at radius 2 is 1.84 bits per heavy atom. The summed E-state index contributed by atoms with van der Waals surface area (Å²) < 4.78 is 0. The Morgan fingerprint density at radius 3 is 2.69 bits per heavy atom. The molecule has 0 saturated carbocycles. The molecular formula is C25H42N6O. The minimum atomic E-state index is 0.376. The van der Waals surface area contributed by atoms with Crippen LogP contribution < -0.4 is 10.2 Å². The van der Waals surface area contributed by atoms with E-state index in [9.17, 15) is 4.79 Å². The molecule has 0 aromatic carbocycles. The summed E-state index contributed by atoms with van der Waals surface area (Å²) in [6, 6.07) is 2.07. The van der Waals surface area contributed by atoms with Crippen LogP contribution in [0.15, 0.2) is 12.4 Å². The predicted molar refractivity (Wildman–Crippen MR) is 130 cm³/mol. The number of rotatable bonds is 9. The van der Waals surface area contributed by atoms with Crippen molar-refractivity contribution in [3.63, 3.8) is 0 Å². The number of likely N-dealkylation sites (tertiary alicyclic amines) is 2. The zero-order valence-corrected chi connectivity index (χ0v) is 20.0. The molecule has 2 atom stereocenters. The van der Waals surface area contributed by atoms with E-state index in [2.05, 4.69) is 43.0 Å². The molecule has 0 aliphatic carbocycles. The molecule has 1 N–H and O–H groups in total. The van der Waals surface area contributed by atoms with Crippen LogP contribution in [0.2, 0.25) is 0 Å². The first-order valence-electron chi connectivity index (χ1n) is 13.0. The summed E-state index contributed by atoms with van der Waals surface area (Å²) in [4.78, 5) is 29.0. The van der Waals surface area contributed by atoms with Crippen LogP contribution in [0.3, 0.4) is 0 Å². The molecule has 0 bridgehead atoms. The van der Waals surface area contributed by atoms with Gasteiger partial charge in [0.2, 0.25) is 5.91 Å². The van der Waals surface area contributed by atoms with Gasteiger partial charge in [0.15, 0.2) is 0 Å². The maximum Gasteiger partial charge on any atom is 0.222 e. The summed E-state index contributed by atoms with van der Waals surface area (Å²) in [5.41, 5.74) is 0. The van der Waals surface area contributed by atoms with Gasteiger partial charge >= 0.3 is 0 Å². The zero-order valence-electron chi connectivity index (χ0n) is 20.0. The standard InChI is InChI=1S/C25H42N6O/c1-2-11-26-23-16-24(28-20-27-23)30-14-5-7-21(18-30)9-10-25(32)31-15-6-8-22(19-31)17-29-12-3-4-13-29/h16,20-22H,2-15,17-19H2,1H3,(H,26,27,28)/t21-,22-/m0/s1. The van der Waals surface area contributed by atoms with Gasteiger partial charge in [-0.15, -0.1) is 0 Å². The Labute approximate surface area is 194 Å². The van der Waals surface area contributed by atoms with E-state index in [1.807, 2.05) is 0 Å². The highest BCUT2D eigenvalue weighted by Gasteiger charge is 2.27. The van der Waals surface area contributed by atoms with Crippen LogP contribution >= 0.6 is 0 Å². The monoisotopic (exact) mass is 442 g/mol. The van der Waals surface area contributed by atoms with Crippen molar-refractivity contribution in [3.8, 4) is 0 Å². The first-order chi connectivity index (χ1) is 15.7. The average Bonchev–Trinajstić information content (AvgIpc) is 3.35. The Bertz CT molecular complexity index is 722. The fraction of sp³-hybridized carbons (Fsp3) is 0.800. The van der Waals surface area contributed by atoms with Crippen molar-refractivity contribution in [2.75, 3.05) is 62.6 Å². The molecule has 0 unspecified atom stereocenters. The molecule has 32 heavy (non-hydrogen) atoms. The molecule has 3 saturated heterocycles. The lowest BCUT2D eigenvalue weighted by atomic mass is 9.92. The molecule has 3 fully saturated rings. The summed E-state index contributed by atoms with van der Waals surface area (Å²) in [5, 5.41) is 3.36. The van der Waals surface area contributed by atoms with Crippen molar-refractivity contribution >= 4 is 17.5 Å². The Morgan fingerprint density at radius 1 is 1.03 bits per heavy atom. The number of anilines is 2. The molecule has 0 spiro atoms. The number of piperidine rings is 2. The van der Waals surface area contributed by atoms with E-state index in [0.717, 1.165) is 57.2 Å². The normalized spacial score (nSPS) is 24.7. The van der Waals surface area contributed by atoms with Gasteiger partial charge in [-0.2, -0.15) is 0 Å². The summed E-state index contributed by atoms with van der Waals surface area (Å²) >= 11 is 0. The van der Waals surface area contributed by atoms with E-state index in [1.165, 1.54) is 58.2 Å². The molecule has 7 nitrogen and oxygen atoms in total. The van der Waals surface area contributed by atoms with Gasteiger partial charge in [-0.3, -0.25) is 4.79 Å². The summed E-state index contributed by atoms with van der Waals surface area (Å²) in [6.07, 6.45) is 12.0. The summed E-state index contributed by atoms with van der Waals surface area (Å²) in [6.45, 7) is 10.8. The fourth-order valence-corrected chi connectivity index (χ4v) is 5.64. The molecule has 7 heteroatoms. The molecule has 4 rings (SSSR count). The number of amides is 1. The SMILES string of the molecule is CCCNc1cc(N2CCC[C@@H](CCC(=O)N3CCC[C@@H](CN4CCCC4)C3)C2)ncn1. The van der Waals surface area contributed by atoms with E-state index in [4.69, 9.17) is 0 Å². The van der Waals surface area contributed by atoms with Gasteiger partial charge in [0.05, 0.1) is 0 Å². The lowest BCUT2D eigenvalue weighted by molar-refractivity contribution is -0.133. The number of nitrogens with one attached hydrogen (secondary N) is 1. The highest BCUT2D eigenvalue weighted by molar-refractivity contribution is 5.76. The molecule has 0 radical (unpaired) electrons. The third-order valence-electron chi connectivity index (χ3n) is 7.40. The van der Waals surface area contributed by atoms with Crippen LogP contribution in [0.4, 0.5) is 11.6 Å². The molecule has 1 aromatic rings. The zero-order chi connectivity index (χ0) is 22.2. The smallest absolute Gasteiger partial charge is 0.222 e. The Kier molecular flexibility index (Phi) is 8.60. The number of aromatic nitrogens is 2. The highest BCUT2D eigenvalue weighted by Crippen LogP contribution is 2.27. The van der Waals surface area contributed by atoms with Crippen LogP contribution in [0, 0.1) is 11.8 Å².